The molecule has 0 saturated carbocycles. The molecular formula is C23H39N3. The van der Waals surface area contributed by atoms with Gasteiger partial charge in [-0.2, -0.15) is 0 Å². The summed E-state index contributed by atoms with van der Waals surface area (Å²) in [5, 5.41) is 2.96. The number of fused-ring (bicyclic) bond motifs is 1. The van der Waals surface area contributed by atoms with E-state index < -0.39 is 0 Å². The van der Waals surface area contributed by atoms with Gasteiger partial charge in [0.1, 0.15) is 0 Å². The van der Waals surface area contributed by atoms with Gasteiger partial charge in [-0.15, -0.1) is 0 Å². The summed E-state index contributed by atoms with van der Waals surface area (Å²) in [7, 11) is 0. The van der Waals surface area contributed by atoms with Crippen LogP contribution >= 0.6 is 0 Å². The maximum atomic E-state index is 2.74. The van der Waals surface area contributed by atoms with Gasteiger partial charge in [0, 0.05) is 43.8 Å². The molecule has 2 aliphatic rings. The highest BCUT2D eigenvalue weighted by Gasteiger charge is 2.28. The first-order chi connectivity index (χ1) is 12.7. The average Bonchev–Trinajstić information content (AvgIpc) is 2.98. The molecule has 146 valence electrons. The van der Waals surface area contributed by atoms with Crippen LogP contribution in [0.2, 0.25) is 0 Å². The monoisotopic (exact) mass is 357 g/mol. The highest BCUT2D eigenvalue weighted by molar-refractivity contribution is 5.45. The third-order valence-corrected chi connectivity index (χ3v) is 6.59. The molecule has 3 heteroatoms. The van der Waals surface area contributed by atoms with Crippen molar-refractivity contribution in [1.29, 1.82) is 0 Å². The van der Waals surface area contributed by atoms with E-state index in [1.807, 2.05) is 0 Å². The molecule has 2 saturated heterocycles. The van der Waals surface area contributed by atoms with E-state index in [4.69, 9.17) is 0 Å². The summed E-state index contributed by atoms with van der Waals surface area (Å²) in [5.41, 5.74) is 3.03. The van der Waals surface area contributed by atoms with Crippen molar-refractivity contribution in [1.82, 2.24) is 14.4 Å². The minimum absolute atomic E-state index is 0.836. The Morgan fingerprint density at radius 1 is 1.12 bits per heavy atom. The molecule has 3 heterocycles. The van der Waals surface area contributed by atoms with E-state index in [9.17, 15) is 0 Å². The van der Waals surface area contributed by atoms with Crippen LogP contribution in [-0.2, 0) is 6.54 Å². The molecule has 2 aliphatic heterocycles. The number of rotatable bonds is 6. The number of piperazine rings is 1. The predicted molar refractivity (Wildman–Crippen MR) is 113 cm³/mol. The fourth-order valence-corrected chi connectivity index (χ4v) is 5.12. The van der Waals surface area contributed by atoms with E-state index in [1.54, 1.807) is 5.57 Å². The SMILES string of the molecule is C/C=c1/c(C)cn(CCCN2CCN3CCCCC3C2)c1=C(CC)CC. The van der Waals surface area contributed by atoms with Gasteiger partial charge in [0.2, 0.25) is 0 Å². The fourth-order valence-electron chi connectivity index (χ4n) is 5.12. The van der Waals surface area contributed by atoms with Crippen LogP contribution in [0.3, 0.4) is 0 Å². The first-order valence-corrected chi connectivity index (χ1v) is 11.0. The molecule has 0 aliphatic carbocycles. The van der Waals surface area contributed by atoms with E-state index in [0.29, 0.717) is 0 Å². The van der Waals surface area contributed by atoms with Gasteiger partial charge in [-0.25, -0.2) is 0 Å². The summed E-state index contributed by atoms with van der Waals surface area (Å²) in [6.07, 6.45) is 12.5. The Morgan fingerprint density at radius 2 is 1.92 bits per heavy atom. The maximum absolute atomic E-state index is 2.74. The van der Waals surface area contributed by atoms with Crippen molar-refractivity contribution in [2.24, 2.45) is 0 Å². The van der Waals surface area contributed by atoms with E-state index >= 15 is 0 Å². The molecule has 2 fully saturated rings. The van der Waals surface area contributed by atoms with Crippen molar-refractivity contribution < 1.29 is 0 Å². The van der Waals surface area contributed by atoms with Gasteiger partial charge < -0.3 is 9.47 Å². The van der Waals surface area contributed by atoms with Crippen LogP contribution in [0, 0.1) is 6.92 Å². The second-order valence-electron chi connectivity index (χ2n) is 8.21. The van der Waals surface area contributed by atoms with Crippen molar-refractivity contribution in [3.8, 4) is 0 Å². The smallest absolute Gasteiger partial charge is 0.0471 e. The number of piperidine rings is 1. The molecule has 26 heavy (non-hydrogen) atoms. The third kappa shape index (κ3) is 4.26. The van der Waals surface area contributed by atoms with Gasteiger partial charge >= 0.3 is 0 Å². The Labute approximate surface area is 160 Å². The minimum atomic E-state index is 0.836. The van der Waals surface area contributed by atoms with Gasteiger partial charge in [0.25, 0.3) is 0 Å². The Bertz CT molecular complexity index is 694. The standard InChI is InChI=1S/C23H39N3/c1-5-20(6-2)23-22(7-3)19(4)17-26(23)14-10-12-24-15-16-25-13-9-8-11-21(25)18-24/h7,17,21H,5-6,8-16,18H2,1-4H3/b22-7-. The van der Waals surface area contributed by atoms with E-state index in [2.05, 4.69) is 54.3 Å². The van der Waals surface area contributed by atoms with Crippen LogP contribution in [0.5, 0.6) is 0 Å². The highest BCUT2D eigenvalue weighted by Crippen LogP contribution is 2.21. The summed E-state index contributed by atoms with van der Waals surface area (Å²) in [6, 6.07) is 0.836. The first-order valence-electron chi connectivity index (χ1n) is 11.0. The van der Waals surface area contributed by atoms with Crippen LogP contribution < -0.4 is 10.6 Å². The normalized spacial score (nSPS) is 22.6. The molecule has 1 atom stereocenters. The van der Waals surface area contributed by atoms with Crippen LogP contribution in [0.15, 0.2) is 6.20 Å². The Balaban J connectivity index is 1.65. The largest absolute Gasteiger partial charge is 0.347 e. The molecule has 0 bridgehead atoms. The molecule has 3 rings (SSSR count). The maximum Gasteiger partial charge on any atom is 0.0471 e. The van der Waals surface area contributed by atoms with Gasteiger partial charge in [-0.05, 0) is 75.4 Å². The van der Waals surface area contributed by atoms with E-state index in [-0.39, 0.29) is 0 Å². The minimum Gasteiger partial charge on any atom is -0.347 e. The lowest BCUT2D eigenvalue weighted by atomic mass is 9.99. The molecule has 0 aromatic carbocycles. The first kappa shape index (κ1) is 19.7. The predicted octanol–water partition coefficient (Wildman–Crippen LogP) is 3.13. The molecule has 3 nitrogen and oxygen atoms in total. The zero-order valence-electron chi connectivity index (χ0n) is 17.6. The number of aryl methyl sites for hydroxylation is 2. The molecule has 0 N–H and O–H groups in total. The van der Waals surface area contributed by atoms with Crippen molar-refractivity contribution >= 4 is 11.6 Å². The number of nitrogens with zero attached hydrogens (tertiary/aromatic N) is 3. The Hall–Kier alpha value is -1.06. The number of hydrogen-bond donors (Lipinski definition) is 0. The van der Waals surface area contributed by atoms with Gasteiger partial charge in [-0.1, -0.05) is 26.3 Å². The number of hydrogen-bond acceptors (Lipinski definition) is 2. The second kappa shape index (κ2) is 9.23. The second-order valence-corrected chi connectivity index (χ2v) is 8.21. The lowest BCUT2D eigenvalue weighted by Crippen LogP contribution is -2.54. The third-order valence-electron chi connectivity index (χ3n) is 6.59. The topological polar surface area (TPSA) is 11.4 Å². The zero-order chi connectivity index (χ0) is 18.5. The van der Waals surface area contributed by atoms with Crippen molar-refractivity contribution in [3.63, 3.8) is 0 Å². The lowest BCUT2D eigenvalue weighted by Gasteiger charge is -2.44. The van der Waals surface area contributed by atoms with Crippen LogP contribution in [-0.4, -0.2) is 53.1 Å². The highest BCUT2D eigenvalue weighted by atomic mass is 15.3. The van der Waals surface area contributed by atoms with Crippen molar-refractivity contribution in [3.05, 3.63) is 22.3 Å². The molecular weight excluding hydrogens is 318 g/mol. The molecule has 1 aromatic rings. The van der Waals surface area contributed by atoms with E-state index in [0.717, 1.165) is 25.4 Å². The molecule has 0 amide bonds. The number of aromatic nitrogens is 1. The van der Waals surface area contributed by atoms with Crippen LogP contribution in [0.1, 0.15) is 64.9 Å². The summed E-state index contributed by atoms with van der Waals surface area (Å²) in [4.78, 5) is 5.46. The summed E-state index contributed by atoms with van der Waals surface area (Å²) < 4.78 is 2.55. The quantitative estimate of drug-likeness (QED) is 0.775. The summed E-state index contributed by atoms with van der Waals surface area (Å²) in [5.74, 6) is 0. The van der Waals surface area contributed by atoms with Gasteiger partial charge in [0.15, 0.2) is 0 Å². The van der Waals surface area contributed by atoms with Crippen LogP contribution in [0.4, 0.5) is 0 Å². The summed E-state index contributed by atoms with van der Waals surface area (Å²) in [6.45, 7) is 16.6. The molecule has 1 unspecified atom stereocenters. The van der Waals surface area contributed by atoms with Gasteiger partial charge in [0.05, 0.1) is 0 Å². The van der Waals surface area contributed by atoms with E-state index in [1.165, 1.54) is 74.5 Å². The Morgan fingerprint density at radius 3 is 2.65 bits per heavy atom. The average molecular weight is 358 g/mol. The zero-order valence-corrected chi connectivity index (χ0v) is 17.6. The molecule has 1 aromatic heterocycles. The Kier molecular flexibility index (Phi) is 6.99. The van der Waals surface area contributed by atoms with Crippen LogP contribution in [0.25, 0.3) is 11.6 Å². The lowest BCUT2D eigenvalue weighted by molar-refractivity contribution is 0.0484. The molecule has 0 radical (unpaired) electrons. The fraction of sp³-hybridized carbons (Fsp3) is 0.739. The van der Waals surface area contributed by atoms with Gasteiger partial charge in [-0.3, -0.25) is 4.90 Å². The van der Waals surface area contributed by atoms with Crippen molar-refractivity contribution in [2.45, 2.75) is 78.8 Å². The summed E-state index contributed by atoms with van der Waals surface area (Å²) >= 11 is 0. The molecule has 0 spiro atoms. The van der Waals surface area contributed by atoms with Crippen molar-refractivity contribution in [2.75, 3.05) is 32.7 Å².